The van der Waals surface area contributed by atoms with Crippen LogP contribution in [0.5, 0.6) is 0 Å². The molecule has 2 rings (SSSR count). The van der Waals surface area contributed by atoms with Crippen LogP contribution >= 0.6 is 0 Å². The zero-order valence-corrected chi connectivity index (χ0v) is 11.4. The summed E-state index contributed by atoms with van der Waals surface area (Å²) in [6.07, 6.45) is 3.33. The molecule has 0 saturated carbocycles. The first-order valence-electron chi connectivity index (χ1n) is 6.37. The molecule has 1 unspecified atom stereocenters. The Hall–Kier alpha value is -2.89. The molecule has 1 heterocycles. The zero-order chi connectivity index (χ0) is 15.2. The van der Waals surface area contributed by atoms with Gasteiger partial charge in [0.25, 0.3) is 0 Å². The number of anilines is 1. The van der Waals surface area contributed by atoms with Crippen molar-refractivity contribution in [1.29, 1.82) is 0 Å². The lowest BCUT2D eigenvalue weighted by atomic mass is 10.1. The van der Waals surface area contributed by atoms with Crippen molar-refractivity contribution in [3.8, 4) is 0 Å². The van der Waals surface area contributed by atoms with Crippen LogP contribution in [0.3, 0.4) is 0 Å². The van der Waals surface area contributed by atoms with Crippen LogP contribution in [0.1, 0.15) is 28.9 Å². The van der Waals surface area contributed by atoms with E-state index in [0.29, 0.717) is 5.69 Å². The van der Waals surface area contributed by atoms with Crippen molar-refractivity contribution >= 4 is 17.7 Å². The number of rotatable bonds is 4. The summed E-state index contributed by atoms with van der Waals surface area (Å²) in [5, 5.41) is 14.2. The summed E-state index contributed by atoms with van der Waals surface area (Å²) in [6, 6.07) is 9.09. The molecule has 6 heteroatoms. The first kappa shape index (κ1) is 14.5. The molecule has 0 radical (unpaired) electrons. The highest BCUT2D eigenvalue weighted by molar-refractivity contribution is 5.91. The molecule has 108 valence electrons. The number of hydrogen-bond donors (Lipinski definition) is 3. The van der Waals surface area contributed by atoms with E-state index < -0.39 is 5.97 Å². The first-order valence-corrected chi connectivity index (χ1v) is 6.37. The fourth-order valence-electron chi connectivity index (χ4n) is 1.80. The molecule has 0 fully saturated rings. The Balaban J connectivity index is 1.94. The zero-order valence-electron chi connectivity index (χ0n) is 11.4. The first-order chi connectivity index (χ1) is 10.1. The van der Waals surface area contributed by atoms with Crippen LogP contribution in [0.15, 0.2) is 48.8 Å². The summed E-state index contributed by atoms with van der Waals surface area (Å²) < 4.78 is 0. The number of aromatic nitrogens is 1. The van der Waals surface area contributed by atoms with Gasteiger partial charge in [-0.05, 0) is 48.9 Å². The number of hydrogen-bond acceptors (Lipinski definition) is 3. The van der Waals surface area contributed by atoms with Crippen LogP contribution in [0.4, 0.5) is 10.5 Å². The summed E-state index contributed by atoms with van der Waals surface area (Å²) >= 11 is 0. The molecular formula is C15H15N3O3. The van der Waals surface area contributed by atoms with Gasteiger partial charge in [0, 0.05) is 18.1 Å². The van der Waals surface area contributed by atoms with E-state index >= 15 is 0 Å². The predicted octanol–water partition coefficient (Wildman–Crippen LogP) is 2.66. The number of nitrogens with one attached hydrogen (secondary N) is 2. The van der Waals surface area contributed by atoms with Gasteiger partial charge in [-0.25, -0.2) is 9.59 Å². The number of carboxylic acids is 1. The highest BCUT2D eigenvalue weighted by Crippen LogP contribution is 2.12. The van der Waals surface area contributed by atoms with Crippen molar-refractivity contribution in [2.24, 2.45) is 0 Å². The third kappa shape index (κ3) is 4.04. The van der Waals surface area contributed by atoms with Crippen molar-refractivity contribution in [3.63, 3.8) is 0 Å². The quantitative estimate of drug-likeness (QED) is 0.805. The summed E-state index contributed by atoms with van der Waals surface area (Å²) in [4.78, 5) is 26.5. The van der Waals surface area contributed by atoms with Crippen LogP contribution in [-0.2, 0) is 0 Å². The van der Waals surface area contributed by atoms with Gasteiger partial charge in [0.05, 0.1) is 11.6 Å². The number of nitrogens with zero attached hydrogens (tertiary/aromatic N) is 1. The van der Waals surface area contributed by atoms with Gasteiger partial charge in [0.15, 0.2) is 0 Å². The summed E-state index contributed by atoms with van der Waals surface area (Å²) in [5.74, 6) is -1.00. The fraction of sp³-hybridized carbons (Fsp3) is 0.133. The van der Waals surface area contributed by atoms with Gasteiger partial charge < -0.3 is 15.7 Å². The molecule has 1 aromatic heterocycles. The minimum Gasteiger partial charge on any atom is -0.478 e. The molecule has 0 aliphatic carbocycles. The van der Waals surface area contributed by atoms with Crippen molar-refractivity contribution in [2.45, 2.75) is 13.0 Å². The minimum absolute atomic E-state index is 0.161. The Morgan fingerprint density at radius 3 is 2.29 bits per heavy atom. The number of pyridine rings is 1. The van der Waals surface area contributed by atoms with Gasteiger partial charge in [-0.1, -0.05) is 0 Å². The molecule has 0 aliphatic rings. The third-order valence-corrected chi connectivity index (χ3v) is 2.94. The molecule has 1 atom stereocenters. The Morgan fingerprint density at radius 1 is 1.10 bits per heavy atom. The molecule has 0 aliphatic heterocycles. The predicted molar refractivity (Wildman–Crippen MR) is 78.2 cm³/mol. The monoisotopic (exact) mass is 285 g/mol. The average molecular weight is 285 g/mol. The Morgan fingerprint density at radius 2 is 1.71 bits per heavy atom. The summed E-state index contributed by atoms with van der Waals surface area (Å²) in [5.41, 5.74) is 1.65. The van der Waals surface area contributed by atoms with Crippen LogP contribution in [0.2, 0.25) is 0 Å². The van der Waals surface area contributed by atoms with Gasteiger partial charge >= 0.3 is 12.0 Å². The van der Waals surface area contributed by atoms with Crippen molar-refractivity contribution < 1.29 is 14.7 Å². The van der Waals surface area contributed by atoms with Crippen LogP contribution in [0, 0.1) is 0 Å². The molecule has 1 aromatic carbocycles. The van der Waals surface area contributed by atoms with Crippen molar-refractivity contribution in [2.75, 3.05) is 5.32 Å². The maximum absolute atomic E-state index is 11.9. The lowest BCUT2D eigenvalue weighted by molar-refractivity contribution is 0.0697. The maximum atomic E-state index is 11.9. The highest BCUT2D eigenvalue weighted by atomic mass is 16.4. The van der Waals surface area contributed by atoms with Gasteiger partial charge in [0.1, 0.15) is 0 Å². The fourth-order valence-corrected chi connectivity index (χ4v) is 1.80. The standard InChI is InChI=1S/C15H15N3O3/c1-10(11-6-8-16-9-7-11)17-15(21)18-13-4-2-12(3-5-13)14(19)20/h2-10H,1H3,(H,19,20)(H2,17,18,21). The summed E-state index contributed by atoms with van der Waals surface area (Å²) in [7, 11) is 0. The summed E-state index contributed by atoms with van der Waals surface area (Å²) in [6.45, 7) is 1.86. The van der Waals surface area contributed by atoms with E-state index in [4.69, 9.17) is 5.11 Å². The molecular weight excluding hydrogens is 270 g/mol. The average Bonchev–Trinajstić information content (AvgIpc) is 2.48. The van der Waals surface area contributed by atoms with Crippen LogP contribution in [-0.4, -0.2) is 22.1 Å². The van der Waals surface area contributed by atoms with E-state index in [0.717, 1.165) is 5.56 Å². The van der Waals surface area contributed by atoms with E-state index in [1.54, 1.807) is 24.5 Å². The number of aromatic carboxylic acids is 1. The van der Waals surface area contributed by atoms with E-state index in [2.05, 4.69) is 15.6 Å². The van der Waals surface area contributed by atoms with Crippen LogP contribution < -0.4 is 10.6 Å². The van der Waals surface area contributed by atoms with E-state index in [1.165, 1.54) is 12.1 Å². The van der Waals surface area contributed by atoms with E-state index in [1.807, 2.05) is 19.1 Å². The highest BCUT2D eigenvalue weighted by Gasteiger charge is 2.09. The number of benzene rings is 1. The number of carboxylic acid groups (broad SMARTS) is 1. The largest absolute Gasteiger partial charge is 0.478 e. The second-order valence-electron chi connectivity index (χ2n) is 4.48. The topological polar surface area (TPSA) is 91.3 Å². The van der Waals surface area contributed by atoms with Gasteiger partial charge in [-0.3, -0.25) is 4.98 Å². The van der Waals surface area contributed by atoms with Crippen molar-refractivity contribution in [3.05, 3.63) is 59.9 Å². The molecule has 6 nitrogen and oxygen atoms in total. The second kappa shape index (κ2) is 6.51. The smallest absolute Gasteiger partial charge is 0.335 e. The molecule has 21 heavy (non-hydrogen) atoms. The second-order valence-corrected chi connectivity index (χ2v) is 4.48. The minimum atomic E-state index is -1.00. The molecule has 0 spiro atoms. The Kier molecular flexibility index (Phi) is 4.50. The molecule has 2 amide bonds. The Bertz CT molecular complexity index is 626. The maximum Gasteiger partial charge on any atom is 0.335 e. The number of amides is 2. The van der Waals surface area contributed by atoms with Crippen LogP contribution in [0.25, 0.3) is 0 Å². The lowest BCUT2D eigenvalue weighted by Crippen LogP contribution is -2.31. The number of carbonyl (C=O) groups is 2. The van der Waals surface area contributed by atoms with Crippen molar-refractivity contribution in [1.82, 2.24) is 10.3 Å². The third-order valence-electron chi connectivity index (χ3n) is 2.94. The normalized spacial score (nSPS) is 11.5. The number of urea groups is 1. The lowest BCUT2D eigenvalue weighted by Gasteiger charge is -2.14. The molecule has 2 aromatic rings. The van der Waals surface area contributed by atoms with Gasteiger partial charge in [-0.2, -0.15) is 0 Å². The molecule has 0 bridgehead atoms. The van der Waals surface area contributed by atoms with E-state index in [9.17, 15) is 9.59 Å². The SMILES string of the molecule is CC(NC(=O)Nc1ccc(C(=O)O)cc1)c1ccncc1. The Labute approximate surface area is 121 Å². The molecule has 3 N–H and O–H groups in total. The van der Waals surface area contributed by atoms with Gasteiger partial charge in [0.2, 0.25) is 0 Å². The van der Waals surface area contributed by atoms with Gasteiger partial charge in [-0.15, -0.1) is 0 Å². The number of carbonyl (C=O) groups excluding carboxylic acids is 1. The van der Waals surface area contributed by atoms with E-state index in [-0.39, 0.29) is 17.6 Å². The molecule has 0 saturated heterocycles.